The summed E-state index contributed by atoms with van der Waals surface area (Å²) in [6.45, 7) is 9.32. The zero-order chi connectivity index (χ0) is 27.6. The van der Waals surface area contributed by atoms with E-state index in [1.807, 2.05) is 6.08 Å². The second-order valence-corrected chi connectivity index (χ2v) is 14.1. The Morgan fingerprint density at radius 2 is 1.76 bits per heavy atom. The lowest BCUT2D eigenvalue weighted by Crippen LogP contribution is -2.39. The van der Waals surface area contributed by atoms with Crippen molar-refractivity contribution in [1.29, 1.82) is 0 Å². The number of hydrogen-bond acceptors (Lipinski definition) is 4. The van der Waals surface area contributed by atoms with E-state index in [0.717, 1.165) is 37.7 Å². The molecule has 0 bridgehead atoms. The number of rotatable bonds is 11. The number of Topliss-reactive ketones (excluding diaryl/α,β-unsaturated/α-hetero) is 1. The number of unbranched alkanes of at least 4 members (excludes halogenated alkanes) is 3. The van der Waals surface area contributed by atoms with Gasteiger partial charge in [-0.25, -0.2) is 0 Å². The SMILES string of the molecule is CCCCCCC(=O)C1([C@H](O)C=CC(C)(C)[C@H]2CC[C@H]3C(=CC=C4C[C@@H](O)C[C@H](O)C4)CCC[C@]23C)CC1. The minimum absolute atomic E-state index is 0.0523. The fraction of sp³-hybridized carbons (Fsp3) is 0.794. The molecule has 0 saturated heterocycles. The van der Waals surface area contributed by atoms with E-state index in [1.54, 1.807) is 0 Å². The summed E-state index contributed by atoms with van der Waals surface area (Å²) in [6.07, 6.45) is 21.7. The summed E-state index contributed by atoms with van der Waals surface area (Å²) in [4.78, 5) is 13.0. The van der Waals surface area contributed by atoms with E-state index in [0.29, 0.717) is 37.5 Å². The van der Waals surface area contributed by atoms with E-state index in [-0.39, 0.29) is 16.6 Å². The van der Waals surface area contributed by atoms with Crippen molar-refractivity contribution in [3.8, 4) is 0 Å². The normalized spacial score (nSPS) is 34.9. The fourth-order valence-electron chi connectivity index (χ4n) is 8.47. The van der Waals surface area contributed by atoms with Crippen molar-refractivity contribution < 1.29 is 20.1 Å². The maximum Gasteiger partial charge on any atom is 0.141 e. The van der Waals surface area contributed by atoms with Gasteiger partial charge in [0.2, 0.25) is 0 Å². The molecule has 4 rings (SSSR count). The van der Waals surface area contributed by atoms with Crippen LogP contribution in [-0.4, -0.2) is 39.4 Å². The fourth-order valence-corrected chi connectivity index (χ4v) is 8.47. The Bertz CT molecular complexity index is 911. The predicted molar refractivity (Wildman–Crippen MR) is 155 cm³/mol. The first-order chi connectivity index (χ1) is 18.0. The molecule has 6 atom stereocenters. The minimum atomic E-state index is -0.667. The maximum atomic E-state index is 13.0. The van der Waals surface area contributed by atoms with E-state index >= 15 is 0 Å². The highest BCUT2D eigenvalue weighted by Crippen LogP contribution is 2.62. The summed E-state index contributed by atoms with van der Waals surface area (Å²) in [5.41, 5.74) is 2.35. The number of ketones is 1. The zero-order valence-electron chi connectivity index (χ0n) is 24.6. The van der Waals surface area contributed by atoms with Crippen LogP contribution < -0.4 is 0 Å². The number of allylic oxidation sites excluding steroid dienone is 4. The first-order valence-electron chi connectivity index (χ1n) is 15.7. The number of aliphatic hydroxyl groups is 3. The number of fused-ring (bicyclic) bond motifs is 1. The molecule has 0 heterocycles. The minimum Gasteiger partial charge on any atom is -0.393 e. The van der Waals surface area contributed by atoms with Gasteiger partial charge in [0.05, 0.1) is 23.7 Å². The van der Waals surface area contributed by atoms with Crippen LogP contribution in [0.15, 0.2) is 35.5 Å². The van der Waals surface area contributed by atoms with Gasteiger partial charge >= 0.3 is 0 Å². The molecule has 0 amide bonds. The summed E-state index contributed by atoms with van der Waals surface area (Å²) >= 11 is 0. The van der Waals surface area contributed by atoms with Crippen LogP contribution in [0, 0.1) is 28.1 Å². The van der Waals surface area contributed by atoms with Crippen molar-refractivity contribution in [3.05, 3.63) is 35.5 Å². The smallest absolute Gasteiger partial charge is 0.141 e. The number of carbonyl (C=O) groups is 1. The molecule has 4 fully saturated rings. The molecule has 0 aliphatic heterocycles. The Morgan fingerprint density at radius 1 is 1.05 bits per heavy atom. The van der Waals surface area contributed by atoms with Crippen molar-refractivity contribution >= 4 is 5.78 Å². The highest BCUT2D eigenvalue weighted by atomic mass is 16.3. The topological polar surface area (TPSA) is 77.8 Å². The second kappa shape index (κ2) is 12.1. The van der Waals surface area contributed by atoms with Crippen LogP contribution in [0.4, 0.5) is 0 Å². The van der Waals surface area contributed by atoms with Gasteiger partial charge in [0.1, 0.15) is 5.78 Å². The lowest BCUT2D eigenvalue weighted by Gasteiger charge is -2.47. The lowest BCUT2D eigenvalue weighted by atomic mass is 9.57. The number of hydrogen-bond donors (Lipinski definition) is 3. The zero-order valence-corrected chi connectivity index (χ0v) is 24.6. The van der Waals surface area contributed by atoms with Gasteiger partial charge in [0.25, 0.3) is 0 Å². The molecule has 4 aliphatic carbocycles. The molecule has 0 aromatic heterocycles. The van der Waals surface area contributed by atoms with Crippen LogP contribution >= 0.6 is 0 Å². The molecule has 4 heteroatoms. The summed E-state index contributed by atoms with van der Waals surface area (Å²) < 4.78 is 0. The molecular formula is C34H54O4. The van der Waals surface area contributed by atoms with Crippen LogP contribution in [-0.2, 0) is 4.79 Å². The third kappa shape index (κ3) is 6.39. The average Bonchev–Trinajstić information content (AvgIpc) is 3.59. The Hall–Kier alpha value is -1.23. The van der Waals surface area contributed by atoms with Crippen LogP contribution in [0.5, 0.6) is 0 Å². The second-order valence-electron chi connectivity index (χ2n) is 14.1. The average molecular weight is 527 g/mol. The van der Waals surface area contributed by atoms with E-state index in [9.17, 15) is 20.1 Å². The van der Waals surface area contributed by atoms with Crippen LogP contribution in [0.3, 0.4) is 0 Å². The molecule has 214 valence electrons. The van der Waals surface area contributed by atoms with E-state index in [2.05, 4.69) is 45.9 Å². The summed E-state index contributed by atoms with van der Waals surface area (Å²) in [5.74, 6) is 1.36. The van der Waals surface area contributed by atoms with Gasteiger partial charge in [-0.2, -0.15) is 0 Å². The Morgan fingerprint density at radius 3 is 2.42 bits per heavy atom. The van der Waals surface area contributed by atoms with Crippen molar-refractivity contribution in [2.75, 3.05) is 0 Å². The first-order valence-corrected chi connectivity index (χ1v) is 15.7. The highest BCUT2D eigenvalue weighted by Gasteiger charge is 2.55. The molecule has 0 radical (unpaired) electrons. The van der Waals surface area contributed by atoms with Gasteiger partial charge in [-0.05, 0) is 93.3 Å². The third-order valence-corrected chi connectivity index (χ3v) is 10.8. The summed E-state index contributed by atoms with van der Waals surface area (Å²) in [6, 6.07) is 0. The molecule has 0 spiro atoms. The van der Waals surface area contributed by atoms with Crippen molar-refractivity contribution in [3.63, 3.8) is 0 Å². The highest BCUT2D eigenvalue weighted by molar-refractivity contribution is 5.88. The molecule has 0 aromatic rings. The monoisotopic (exact) mass is 526 g/mol. The standard InChI is InChI=1S/C34H54O4/c1-5-6-7-8-11-30(37)34(19-20-34)31(38)16-18-32(2,3)29-15-14-28-25(10-9-17-33(28,29)4)13-12-24-21-26(35)23-27(36)22-24/h12-13,16,18,26-29,31,35-36,38H,5-11,14-15,17,19-23H2,1-4H3/t26-,27-,28+,29-,31-,33+/m1/s1. The quantitative estimate of drug-likeness (QED) is 0.196. The van der Waals surface area contributed by atoms with Crippen molar-refractivity contribution in [2.24, 2.45) is 28.1 Å². The van der Waals surface area contributed by atoms with E-state index in [1.165, 1.54) is 44.1 Å². The summed E-state index contributed by atoms with van der Waals surface area (Å²) in [7, 11) is 0. The van der Waals surface area contributed by atoms with E-state index < -0.39 is 23.7 Å². The molecule has 4 nitrogen and oxygen atoms in total. The molecule has 4 saturated carbocycles. The molecule has 4 aliphatic rings. The van der Waals surface area contributed by atoms with Crippen molar-refractivity contribution in [2.45, 2.75) is 142 Å². The molecule has 3 N–H and O–H groups in total. The Balaban J connectivity index is 1.42. The number of carbonyl (C=O) groups excluding carboxylic acids is 1. The predicted octanol–water partition coefficient (Wildman–Crippen LogP) is 7.22. The van der Waals surface area contributed by atoms with Gasteiger partial charge in [-0.3, -0.25) is 4.79 Å². The first kappa shape index (κ1) is 29.7. The molecule has 0 aromatic carbocycles. The van der Waals surface area contributed by atoms with Crippen molar-refractivity contribution in [1.82, 2.24) is 0 Å². The Labute approximate surface area is 231 Å². The van der Waals surface area contributed by atoms with Crippen LogP contribution in [0.25, 0.3) is 0 Å². The molecular weight excluding hydrogens is 472 g/mol. The van der Waals surface area contributed by atoms with Crippen LogP contribution in [0.1, 0.15) is 124 Å². The van der Waals surface area contributed by atoms with Crippen LogP contribution in [0.2, 0.25) is 0 Å². The molecule has 38 heavy (non-hydrogen) atoms. The maximum absolute atomic E-state index is 13.0. The van der Waals surface area contributed by atoms with Gasteiger partial charge < -0.3 is 15.3 Å². The third-order valence-electron chi connectivity index (χ3n) is 10.8. The summed E-state index contributed by atoms with van der Waals surface area (Å²) in [5, 5.41) is 31.3. The van der Waals surface area contributed by atoms with Gasteiger partial charge in [0.15, 0.2) is 0 Å². The number of aliphatic hydroxyl groups excluding tert-OH is 3. The largest absolute Gasteiger partial charge is 0.393 e. The lowest BCUT2D eigenvalue weighted by molar-refractivity contribution is -0.127. The van der Waals surface area contributed by atoms with Gasteiger partial charge in [-0.15, -0.1) is 0 Å². The van der Waals surface area contributed by atoms with Gasteiger partial charge in [0, 0.05) is 6.42 Å². The Kier molecular flexibility index (Phi) is 9.48. The van der Waals surface area contributed by atoms with E-state index in [4.69, 9.17) is 0 Å². The van der Waals surface area contributed by atoms with Gasteiger partial charge in [-0.1, -0.05) is 82.4 Å². The molecule has 0 unspecified atom stereocenters.